The van der Waals surface area contributed by atoms with Crippen molar-refractivity contribution in [1.82, 2.24) is 0 Å². The van der Waals surface area contributed by atoms with Crippen molar-refractivity contribution in [3.05, 3.63) is 59.7 Å². The Kier molecular flexibility index (Phi) is 6.62. The normalized spacial score (nSPS) is 8.47. The van der Waals surface area contributed by atoms with Crippen molar-refractivity contribution in [2.75, 3.05) is 0 Å². The first kappa shape index (κ1) is 15.1. The Labute approximate surface area is 108 Å². The fourth-order valence-corrected chi connectivity index (χ4v) is 1.03. The summed E-state index contributed by atoms with van der Waals surface area (Å²) in [4.78, 5) is 20.1. The molecule has 1 radical (unpaired) electrons. The SMILES string of the molecule is O=C(O)[c-]1cccc1.O=C(O)[c-]1cccc1.[Co+2]. The smallest absolute Gasteiger partial charge is 0.487 e. The summed E-state index contributed by atoms with van der Waals surface area (Å²) in [7, 11) is 0. The third kappa shape index (κ3) is 5.14. The maximum absolute atomic E-state index is 10.1. The van der Waals surface area contributed by atoms with Gasteiger partial charge in [0.15, 0.2) is 0 Å². The van der Waals surface area contributed by atoms with Gasteiger partial charge in [0.2, 0.25) is 0 Å². The van der Waals surface area contributed by atoms with Gasteiger partial charge < -0.3 is 10.2 Å². The third-order valence-electron chi connectivity index (χ3n) is 1.82. The predicted molar refractivity (Wildman–Crippen MR) is 58.0 cm³/mol. The standard InChI is InChI=1S/2C6H5O2.Co/c2*7-6(8)5-3-1-2-4-5;/h2*1-4H,(H,7,8);/q2*-1;+2. The minimum absolute atomic E-state index is 0. The Morgan fingerprint density at radius 3 is 1.06 bits per heavy atom. The van der Waals surface area contributed by atoms with Crippen LogP contribution in [0.15, 0.2) is 48.5 Å². The van der Waals surface area contributed by atoms with Gasteiger partial charge in [0.25, 0.3) is 11.9 Å². The van der Waals surface area contributed by atoms with E-state index in [2.05, 4.69) is 0 Å². The molecule has 2 rings (SSSR count). The Morgan fingerprint density at radius 1 is 0.706 bits per heavy atom. The number of hydrogen-bond donors (Lipinski definition) is 2. The second kappa shape index (κ2) is 7.42. The first-order valence-electron chi connectivity index (χ1n) is 4.51. The molecule has 0 amide bonds. The summed E-state index contributed by atoms with van der Waals surface area (Å²) >= 11 is 0. The maximum atomic E-state index is 10.1. The van der Waals surface area contributed by atoms with Crippen LogP contribution in [0.1, 0.15) is 20.7 Å². The van der Waals surface area contributed by atoms with Gasteiger partial charge in [-0.1, -0.05) is 11.1 Å². The van der Waals surface area contributed by atoms with Crippen LogP contribution in [0.5, 0.6) is 0 Å². The van der Waals surface area contributed by atoms with Crippen molar-refractivity contribution in [2.24, 2.45) is 0 Å². The van der Waals surface area contributed by atoms with Crippen LogP contribution in [0.25, 0.3) is 0 Å². The van der Waals surface area contributed by atoms with Gasteiger partial charge in [-0.2, -0.15) is 24.3 Å². The summed E-state index contributed by atoms with van der Waals surface area (Å²) < 4.78 is 0. The summed E-state index contributed by atoms with van der Waals surface area (Å²) in [6.07, 6.45) is 0. The van der Waals surface area contributed by atoms with Gasteiger partial charge in [0.1, 0.15) is 0 Å². The second-order valence-corrected chi connectivity index (χ2v) is 2.96. The zero-order valence-corrected chi connectivity index (χ0v) is 9.70. The van der Waals surface area contributed by atoms with Crippen molar-refractivity contribution in [2.45, 2.75) is 0 Å². The average Bonchev–Trinajstić information content (AvgIpc) is 2.93. The fraction of sp³-hybridized carbons (Fsp3) is 0. The molecule has 0 saturated carbocycles. The number of carboxylic acids is 2. The Bertz CT molecular complexity index is 399. The first-order valence-corrected chi connectivity index (χ1v) is 4.51. The Hall–Kier alpha value is -1.85. The molecule has 0 heterocycles. The van der Waals surface area contributed by atoms with Crippen LogP contribution >= 0.6 is 0 Å². The summed E-state index contributed by atoms with van der Waals surface area (Å²) in [5, 5.41) is 16.5. The molecule has 5 heteroatoms. The van der Waals surface area contributed by atoms with Gasteiger partial charge in [-0.15, -0.1) is 0 Å². The molecule has 0 spiro atoms. The van der Waals surface area contributed by atoms with Gasteiger partial charge in [0, 0.05) is 0 Å². The molecule has 17 heavy (non-hydrogen) atoms. The van der Waals surface area contributed by atoms with E-state index in [1.165, 1.54) is 0 Å². The number of carboxylic acid groups (broad SMARTS) is 2. The van der Waals surface area contributed by atoms with E-state index in [9.17, 15) is 9.59 Å². The third-order valence-corrected chi connectivity index (χ3v) is 1.82. The van der Waals surface area contributed by atoms with Crippen LogP contribution in [0.3, 0.4) is 0 Å². The average molecular weight is 277 g/mol. The van der Waals surface area contributed by atoms with Gasteiger partial charge in [-0.3, -0.25) is 9.59 Å². The van der Waals surface area contributed by atoms with Crippen LogP contribution in [0.2, 0.25) is 0 Å². The molecule has 0 fully saturated rings. The number of carbonyl (C=O) groups is 2. The summed E-state index contributed by atoms with van der Waals surface area (Å²) in [5.74, 6) is -1.73. The van der Waals surface area contributed by atoms with Gasteiger partial charge >= 0.3 is 16.8 Å². The van der Waals surface area contributed by atoms with Crippen molar-refractivity contribution < 1.29 is 36.6 Å². The monoisotopic (exact) mass is 277 g/mol. The van der Waals surface area contributed by atoms with Crippen molar-refractivity contribution in [3.8, 4) is 0 Å². The zero-order valence-electron chi connectivity index (χ0n) is 8.66. The molecule has 0 aromatic heterocycles. The van der Waals surface area contributed by atoms with Crippen molar-refractivity contribution in [1.29, 1.82) is 0 Å². The molecule has 0 aliphatic carbocycles. The number of rotatable bonds is 2. The molecule has 2 aromatic carbocycles. The van der Waals surface area contributed by atoms with E-state index in [4.69, 9.17) is 10.2 Å². The second-order valence-electron chi connectivity index (χ2n) is 2.96. The number of aromatic carboxylic acids is 2. The molecule has 0 unspecified atom stereocenters. The molecule has 0 atom stereocenters. The summed E-state index contributed by atoms with van der Waals surface area (Å²) in [6.45, 7) is 0. The van der Waals surface area contributed by atoms with Gasteiger partial charge in [0.05, 0.1) is 0 Å². The molecular formula is C12H10CoO4. The quantitative estimate of drug-likeness (QED) is 0.825. The van der Waals surface area contributed by atoms with E-state index in [1.54, 1.807) is 48.5 Å². The molecule has 0 aliphatic heterocycles. The minimum Gasteiger partial charge on any atom is -0.487 e. The van der Waals surface area contributed by atoms with Crippen LogP contribution in [0, 0.1) is 0 Å². The Balaban J connectivity index is 0.000000284. The molecule has 4 nitrogen and oxygen atoms in total. The molecule has 0 aliphatic rings. The van der Waals surface area contributed by atoms with Crippen LogP contribution in [0.4, 0.5) is 0 Å². The van der Waals surface area contributed by atoms with Gasteiger partial charge in [-0.05, 0) is 0 Å². The van der Waals surface area contributed by atoms with E-state index in [0.717, 1.165) is 0 Å². The molecule has 2 N–H and O–H groups in total. The minimum atomic E-state index is -0.866. The first-order chi connectivity index (χ1) is 7.61. The molecular weight excluding hydrogens is 267 g/mol. The van der Waals surface area contributed by atoms with Crippen molar-refractivity contribution >= 4 is 11.9 Å². The Morgan fingerprint density at radius 2 is 0.941 bits per heavy atom. The van der Waals surface area contributed by atoms with Gasteiger partial charge in [-0.25, -0.2) is 24.3 Å². The van der Waals surface area contributed by atoms with Crippen LogP contribution in [-0.4, -0.2) is 22.2 Å². The molecule has 0 saturated heterocycles. The zero-order chi connectivity index (χ0) is 12.0. The van der Waals surface area contributed by atoms with Crippen LogP contribution in [-0.2, 0) is 16.8 Å². The summed E-state index contributed by atoms with van der Waals surface area (Å²) in [5.41, 5.74) is 0.704. The van der Waals surface area contributed by atoms with E-state index in [-0.39, 0.29) is 16.8 Å². The predicted octanol–water partition coefficient (Wildman–Crippen LogP) is 2.20. The van der Waals surface area contributed by atoms with E-state index < -0.39 is 11.9 Å². The topological polar surface area (TPSA) is 74.6 Å². The summed E-state index contributed by atoms with van der Waals surface area (Å²) in [6, 6.07) is 13.0. The van der Waals surface area contributed by atoms with Crippen molar-refractivity contribution in [3.63, 3.8) is 0 Å². The van der Waals surface area contributed by atoms with E-state index >= 15 is 0 Å². The maximum Gasteiger partial charge on any atom is 2.00 e. The van der Waals surface area contributed by atoms with E-state index in [1.807, 2.05) is 0 Å². The molecule has 91 valence electrons. The van der Waals surface area contributed by atoms with E-state index in [0.29, 0.717) is 11.1 Å². The molecule has 0 bridgehead atoms. The fourth-order valence-electron chi connectivity index (χ4n) is 1.03. The number of hydrogen-bond acceptors (Lipinski definition) is 2. The largest absolute Gasteiger partial charge is 2.00 e. The van der Waals surface area contributed by atoms with Crippen LogP contribution < -0.4 is 0 Å². The molecule has 2 aromatic rings.